The van der Waals surface area contributed by atoms with Crippen LogP contribution in [0.2, 0.25) is 0 Å². The van der Waals surface area contributed by atoms with Gasteiger partial charge in [0.1, 0.15) is 0 Å². The topological polar surface area (TPSA) is 51.2 Å². The number of hydrogen-bond acceptors (Lipinski definition) is 5. The highest BCUT2D eigenvalue weighted by atomic mass is 32.1. The zero-order valence-corrected chi connectivity index (χ0v) is 14.2. The highest BCUT2D eigenvalue weighted by molar-refractivity contribution is 7.11. The number of nitrogens with one attached hydrogen (secondary N) is 1. The van der Waals surface area contributed by atoms with E-state index in [1.54, 1.807) is 11.3 Å². The van der Waals surface area contributed by atoms with E-state index in [0.717, 1.165) is 16.3 Å². The molecular formula is C17H22N2O2S. The van der Waals surface area contributed by atoms with Gasteiger partial charge in [-0.3, -0.25) is 4.79 Å². The number of esters is 1. The number of carbonyl (C=O) groups excluding carboxylic acids is 1. The van der Waals surface area contributed by atoms with Gasteiger partial charge in [0, 0.05) is 17.5 Å². The first-order chi connectivity index (χ1) is 10.5. The van der Waals surface area contributed by atoms with Crippen LogP contribution in [0.3, 0.4) is 0 Å². The van der Waals surface area contributed by atoms with Crippen LogP contribution in [0.1, 0.15) is 34.1 Å². The van der Waals surface area contributed by atoms with Crippen molar-refractivity contribution in [2.75, 3.05) is 7.11 Å². The first-order valence-electron chi connectivity index (χ1n) is 7.32. The maximum Gasteiger partial charge on any atom is 0.310 e. The van der Waals surface area contributed by atoms with E-state index in [4.69, 9.17) is 4.74 Å². The van der Waals surface area contributed by atoms with Crippen molar-refractivity contribution in [2.24, 2.45) is 5.92 Å². The zero-order valence-electron chi connectivity index (χ0n) is 13.4. The summed E-state index contributed by atoms with van der Waals surface area (Å²) in [5.74, 6) is -0.472. The first kappa shape index (κ1) is 16.6. The van der Waals surface area contributed by atoms with E-state index in [1.807, 2.05) is 51.1 Å². The molecule has 0 aliphatic carbocycles. The smallest absolute Gasteiger partial charge is 0.310 e. The van der Waals surface area contributed by atoms with Crippen molar-refractivity contribution in [3.05, 3.63) is 51.5 Å². The Morgan fingerprint density at radius 2 is 2.00 bits per heavy atom. The van der Waals surface area contributed by atoms with E-state index in [-0.39, 0.29) is 17.9 Å². The van der Waals surface area contributed by atoms with Gasteiger partial charge >= 0.3 is 5.97 Å². The molecule has 0 bridgehead atoms. The molecule has 2 atom stereocenters. The second kappa shape index (κ2) is 7.51. The van der Waals surface area contributed by atoms with Crippen molar-refractivity contribution in [3.8, 4) is 0 Å². The molecule has 0 saturated carbocycles. The van der Waals surface area contributed by atoms with Crippen molar-refractivity contribution < 1.29 is 9.53 Å². The molecule has 0 aliphatic rings. The van der Waals surface area contributed by atoms with E-state index >= 15 is 0 Å². The molecule has 22 heavy (non-hydrogen) atoms. The molecule has 0 saturated heterocycles. The zero-order chi connectivity index (χ0) is 16.1. The van der Waals surface area contributed by atoms with Crippen molar-refractivity contribution >= 4 is 17.3 Å². The number of benzene rings is 1. The van der Waals surface area contributed by atoms with E-state index in [2.05, 4.69) is 10.3 Å². The number of aryl methyl sites for hydroxylation is 2. The Balaban J connectivity index is 2.18. The van der Waals surface area contributed by atoms with Gasteiger partial charge in [-0.05, 0) is 19.4 Å². The van der Waals surface area contributed by atoms with Crippen molar-refractivity contribution in [3.63, 3.8) is 0 Å². The third kappa shape index (κ3) is 3.93. The average Bonchev–Trinajstić information content (AvgIpc) is 2.85. The lowest BCUT2D eigenvalue weighted by Crippen LogP contribution is -2.31. The van der Waals surface area contributed by atoms with Gasteiger partial charge < -0.3 is 10.1 Å². The number of ether oxygens (including phenoxy) is 1. The minimum absolute atomic E-state index is 0.0875. The number of nitrogens with zero attached hydrogens (tertiary/aromatic N) is 1. The Kier molecular flexibility index (Phi) is 5.69. The molecule has 2 aromatic rings. The Morgan fingerprint density at radius 1 is 1.32 bits per heavy atom. The van der Waals surface area contributed by atoms with Gasteiger partial charge in [-0.2, -0.15) is 0 Å². The second-order valence-electron chi connectivity index (χ2n) is 5.32. The fraction of sp³-hybridized carbons (Fsp3) is 0.412. The van der Waals surface area contributed by atoms with Crippen LogP contribution in [0, 0.1) is 19.8 Å². The molecule has 0 amide bonds. The maximum absolute atomic E-state index is 11.9. The van der Waals surface area contributed by atoms with Gasteiger partial charge in [0.15, 0.2) is 0 Å². The highest BCUT2D eigenvalue weighted by Gasteiger charge is 2.26. The molecule has 118 valence electrons. The van der Waals surface area contributed by atoms with Gasteiger partial charge in [0.05, 0.1) is 23.7 Å². The van der Waals surface area contributed by atoms with Crippen LogP contribution in [0.4, 0.5) is 0 Å². The summed E-state index contributed by atoms with van der Waals surface area (Å²) in [6.45, 7) is 6.61. The van der Waals surface area contributed by atoms with E-state index in [9.17, 15) is 4.79 Å². The Bertz CT molecular complexity index is 625. The van der Waals surface area contributed by atoms with Crippen LogP contribution in [0.15, 0.2) is 30.3 Å². The standard InChI is InChI=1S/C17H22N2O2S/c1-11(17(20)21-4)16(14-8-6-5-7-9-14)18-10-15-12(2)19-13(3)22-15/h5-9,11,16,18H,10H2,1-4H3/t11-,16+/m1/s1. The largest absolute Gasteiger partial charge is 0.469 e. The fourth-order valence-electron chi connectivity index (χ4n) is 2.51. The quantitative estimate of drug-likeness (QED) is 0.829. The second-order valence-corrected chi connectivity index (χ2v) is 6.61. The number of methoxy groups -OCH3 is 1. The van der Waals surface area contributed by atoms with E-state index in [1.165, 1.54) is 12.0 Å². The molecule has 0 spiro atoms. The van der Waals surface area contributed by atoms with Gasteiger partial charge in [0.2, 0.25) is 0 Å². The highest BCUT2D eigenvalue weighted by Crippen LogP contribution is 2.25. The number of thiazole rings is 1. The minimum Gasteiger partial charge on any atom is -0.469 e. The summed E-state index contributed by atoms with van der Waals surface area (Å²) in [7, 11) is 1.43. The third-order valence-electron chi connectivity index (χ3n) is 3.71. The minimum atomic E-state index is -0.262. The van der Waals surface area contributed by atoms with Crippen LogP contribution >= 0.6 is 11.3 Å². The summed E-state index contributed by atoms with van der Waals surface area (Å²) in [6, 6.07) is 9.91. The predicted octanol–water partition coefficient (Wildman–Crippen LogP) is 3.40. The molecule has 1 heterocycles. The predicted molar refractivity (Wildman–Crippen MR) is 88.8 cm³/mol. The number of aromatic nitrogens is 1. The van der Waals surface area contributed by atoms with Gasteiger partial charge in [-0.1, -0.05) is 37.3 Å². The van der Waals surface area contributed by atoms with Crippen LogP contribution in [0.5, 0.6) is 0 Å². The van der Waals surface area contributed by atoms with Gasteiger partial charge in [-0.15, -0.1) is 11.3 Å². The lowest BCUT2D eigenvalue weighted by molar-refractivity contribution is -0.145. The molecule has 1 aromatic carbocycles. The summed E-state index contributed by atoms with van der Waals surface area (Å²) >= 11 is 1.69. The molecule has 0 radical (unpaired) electrons. The summed E-state index contributed by atoms with van der Waals surface area (Å²) in [5, 5.41) is 4.55. The normalized spacial score (nSPS) is 13.6. The summed E-state index contributed by atoms with van der Waals surface area (Å²) < 4.78 is 4.91. The monoisotopic (exact) mass is 318 g/mol. The Morgan fingerprint density at radius 3 is 2.55 bits per heavy atom. The number of carbonyl (C=O) groups is 1. The van der Waals surface area contributed by atoms with Gasteiger partial charge in [0.25, 0.3) is 0 Å². The SMILES string of the molecule is COC(=O)[C@H](C)[C@H](NCc1sc(C)nc1C)c1ccccc1. The molecule has 0 unspecified atom stereocenters. The molecular weight excluding hydrogens is 296 g/mol. The van der Waals surface area contributed by atoms with Crippen LogP contribution < -0.4 is 5.32 Å². The Labute approximate surface area is 135 Å². The molecule has 0 aliphatic heterocycles. The molecule has 2 rings (SSSR count). The van der Waals surface area contributed by atoms with E-state index < -0.39 is 0 Å². The third-order valence-corrected chi connectivity index (χ3v) is 4.79. The van der Waals surface area contributed by atoms with Crippen LogP contribution in [0.25, 0.3) is 0 Å². The maximum atomic E-state index is 11.9. The van der Waals surface area contributed by atoms with E-state index in [0.29, 0.717) is 6.54 Å². The number of rotatable bonds is 6. The van der Waals surface area contributed by atoms with Crippen molar-refractivity contribution in [2.45, 2.75) is 33.4 Å². The number of hydrogen-bond donors (Lipinski definition) is 1. The van der Waals surface area contributed by atoms with Crippen molar-refractivity contribution in [1.82, 2.24) is 10.3 Å². The molecule has 0 fully saturated rings. The van der Waals surface area contributed by atoms with Gasteiger partial charge in [-0.25, -0.2) is 4.98 Å². The molecule has 4 nitrogen and oxygen atoms in total. The van der Waals surface area contributed by atoms with Crippen molar-refractivity contribution in [1.29, 1.82) is 0 Å². The Hall–Kier alpha value is -1.72. The fourth-order valence-corrected chi connectivity index (χ4v) is 3.39. The molecule has 1 aromatic heterocycles. The van der Waals surface area contributed by atoms with Crippen LogP contribution in [-0.4, -0.2) is 18.1 Å². The van der Waals surface area contributed by atoms with Crippen LogP contribution in [-0.2, 0) is 16.1 Å². The summed E-state index contributed by atoms with van der Waals surface area (Å²) in [5.41, 5.74) is 2.13. The average molecular weight is 318 g/mol. The molecule has 5 heteroatoms. The first-order valence-corrected chi connectivity index (χ1v) is 8.13. The molecule has 1 N–H and O–H groups in total. The summed E-state index contributed by atoms with van der Waals surface area (Å²) in [6.07, 6.45) is 0. The lowest BCUT2D eigenvalue weighted by atomic mass is 9.94. The summed E-state index contributed by atoms with van der Waals surface area (Å²) in [4.78, 5) is 17.6. The lowest BCUT2D eigenvalue weighted by Gasteiger charge is -2.24.